The van der Waals surface area contributed by atoms with Gasteiger partial charge in [-0.15, -0.1) is 0 Å². The summed E-state index contributed by atoms with van der Waals surface area (Å²) in [5, 5.41) is 9.31. The molecular formula is C13H23NO4. The molecule has 0 aromatic rings. The van der Waals surface area contributed by atoms with Gasteiger partial charge in [0.15, 0.2) is 0 Å². The van der Waals surface area contributed by atoms with Gasteiger partial charge < -0.3 is 14.7 Å². The van der Waals surface area contributed by atoms with E-state index in [1.165, 1.54) is 4.90 Å². The van der Waals surface area contributed by atoms with Gasteiger partial charge in [-0.05, 0) is 39.5 Å². The molecule has 1 fully saturated rings. The lowest BCUT2D eigenvalue weighted by atomic mass is 9.88. The summed E-state index contributed by atoms with van der Waals surface area (Å²) in [5.41, 5.74) is -1.03. The summed E-state index contributed by atoms with van der Waals surface area (Å²) in [7, 11) is 0. The first-order valence-electron chi connectivity index (χ1n) is 6.64. The summed E-state index contributed by atoms with van der Waals surface area (Å²) in [5.74, 6) is -0.973. The van der Waals surface area contributed by atoms with E-state index < -0.39 is 11.5 Å². The predicted octanol–water partition coefficient (Wildman–Crippen LogP) is 1.66. The molecule has 0 aliphatic carbocycles. The second-order valence-corrected chi connectivity index (χ2v) is 4.88. The molecule has 1 heterocycles. The Balaban J connectivity index is 2.55. The Bertz CT molecular complexity index is 305. The SMILES string of the molecule is CCOCCCC(=O)N1CCCCC1(C)C(=O)O. The van der Waals surface area contributed by atoms with Crippen LogP contribution in [-0.2, 0) is 14.3 Å². The van der Waals surface area contributed by atoms with Crippen molar-refractivity contribution in [2.45, 2.75) is 51.5 Å². The summed E-state index contributed by atoms with van der Waals surface area (Å²) >= 11 is 0. The number of rotatable bonds is 6. The lowest BCUT2D eigenvalue weighted by Crippen LogP contribution is -2.57. The average Bonchev–Trinajstić information content (AvgIpc) is 2.34. The van der Waals surface area contributed by atoms with Gasteiger partial charge in [0.2, 0.25) is 5.91 Å². The highest BCUT2D eigenvalue weighted by Crippen LogP contribution is 2.29. The van der Waals surface area contributed by atoms with Crippen LogP contribution < -0.4 is 0 Å². The molecule has 1 aliphatic heterocycles. The normalized spacial score (nSPS) is 24.0. The summed E-state index contributed by atoms with van der Waals surface area (Å²) in [6, 6.07) is 0. The molecule has 1 aliphatic rings. The van der Waals surface area contributed by atoms with E-state index in [1.54, 1.807) is 6.92 Å². The zero-order valence-electron chi connectivity index (χ0n) is 11.3. The molecule has 0 radical (unpaired) electrons. The lowest BCUT2D eigenvalue weighted by molar-refractivity contribution is -0.161. The molecule has 1 atom stereocenters. The van der Waals surface area contributed by atoms with Crippen molar-refractivity contribution in [3.05, 3.63) is 0 Å². The largest absolute Gasteiger partial charge is 0.480 e. The zero-order chi connectivity index (χ0) is 13.6. The Kier molecular flexibility index (Phi) is 5.59. The number of hydrogen-bond donors (Lipinski definition) is 1. The third kappa shape index (κ3) is 3.45. The Morgan fingerprint density at radius 3 is 2.72 bits per heavy atom. The number of hydrogen-bond acceptors (Lipinski definition) is 3. The highest BCUT2D eigenvalue weighted by atomic mass is 16.5. The third-order valence-corrected chi connectivity index (χ3v) is 3.54. The van der Waals surface area contributed by atoms with Gasteiger partial charge in [-0.3, -0.25) is 4.79 Å². The van der Waals surface area contributed by atoms with Gasteiger partial charge in [0.05, 0.1) is 0 Å². The molecule has 5 nitrogen and oxygen atoms in total. The predicted molar refractivity (Wildman–Crippen MR) is 67.3 cm³/mol. The van der Waals surface area contributed by atoms with Crippen molar-refractivity contribution < 1.29 is 19.4 Å². The van der Waals surface area contributed by atoms with Crippen LogP contribution in [0.15, 0.2) is 0 Å². The maximum atomic E-state index is 12.1. The fraction of sp³-hybridized carbons (Fsp3) is 0.846. The smallest absolute Gasteiger partial charge is 0.329 e. The highest BCUT2D eigenvalue weighted by molar-refractivity contribution is 5.87. The number of carboxylic acid groups (broad SMARTS) is 1. The van der Waals surface area contributed by atoms with E-state index in [1.807, 2.05) is 6.92 Å². The molecule has 0 spiro atoms. The van der Waals surface area contributed by atoms with Gasteiger partial charge in [-0.25, -0.2) is 4.79 Å². The first kappa shape index (κ1) is 15.0. The summed E-state index contributed by atoms with van der Waals surface area (Å²) < 4.78 is 5.18. The van der Waals surface area contributed by atoms with Crippen LogP contribution in [0.2, 0.25) is 0 Å². The first-order valence-corrected chi connectivity index (χ1v) is 6.64. The number of ether oxygens (including phenoxy) is 1. The molecular weight excluding hydrogens is 234 g/mol. The van der Waals surface area contributed by atoms with Crippen molar-refractivity contribution in [2.24, 2.45) is 0 Å². The van der Waals surface area contributed by atoms with Crippen LogP contribution >= 0.6 is 0 Å². The number of nitrogens with zero attached hydrogens (tertiary/aromatic N) is 1. The van der Waals surface area contributed by atoms with E-state index in [4.69, 9.17) is 4.74 Å². The van der Waals surface area contributed by atoms with Crippen LogP contribution in [0.25, 0.3) is 0 Å². The van der Waals surface area contributed by atoms with Crippen molar-refractivity contribution >= 4 is 11.9 Å². The van der Waals surface area contributed by atoms with Crippen molar-refractivity contribution in [2.75, 3.05) is 19.8 Å². The van der Waals surface area contributed by atoms with Crippen LogP contribution in [-0.4, -0.2) is 47.2 Å². The fourth-order valence-corrected chi connectivity index (χ4v) is 2.35. The van der Waals surface area contributed by atoms with E-state index in [-0.39, 0.29) is 5.91 Å². The van der Waals surface area contributed by atoms with Gasteiger partial charge in [-0.1, -0.05) is 0 Å². The van der Waals surface area contributed by atoms with Gasteiger partial charge in [0, 0.05) is 26.2 Å². The van der Waals surface area contributed by atoms with E-state index in [0.717, 1.165) is 12.8 Å². The number of amides is 1. The van der Waals surface area contributed by atoms with E-state index >= 15 is 0 Å². The fourth-order valence-electron chi connectivity index (χ4n) is 2.35. The van der Waals surface area contributed by atoms with Crippen LogP contribution in [0.3, 0.4) is 0 Å². The van der Waals surface area contributed by atoms with Crippen LogP contribution in [0.4, 0.5) is 0 Å². The molecule has 0 saturated carbocycles. The maximum Gasteiger partial charge on any atom is 0.329 e. The Morgan fingerprint density at radius 1 is 1.39 bits per heavy atom. The number of carbonyl (C=O) groups is 2. The number of carboxylic acids is 1. The first-order chi connectivity index (χ1) is 8.52. The van der Waals surface area contributed by atoms with Crippen molar-refractivity contribution in [1.82, 2.24) is 4.90 Å². The Morgan fingerprint density at radius 2 is 2.11 bits per heavy atom. The zero-order valence-corrected chi connectivity index (χ0v) is 11.3. The standard InChI is InChI=1S/C13H23NO4/c1-3-18-10-6-7-11(15)14-9-5-4-8-13(14,2)12(16)17/h3-10H2,1-2H3,(H,16,17). The summed E-state index contributed by atoms with van der Waals surface area (Å²) in [6.45, 7) is 5.31. The van der Waals surface area contributed by atoms with Crippen LogP contribution in [0, 0.1) is 0 Å². The van der Waals surface area contributed by atoms with Crippen molar-refractivity contribution in [3.8, 4) is 0 Å². The molecule has 5 heteroatoms. The monoisotopic (exact) mass is 257 g/mol. The average molecular weight is 257 g/mol. The molecule has 1 unspecified atom stereocenters. The van der Waals surface area contributed by atoms with Crippen molar-refractivity contribution in [3.63, 3.8) is 0 Å². The van der Waals surface area contributed by atoms with Crippen LogP contribution in [0.1, 0.15) is 46.0 Å². The highest BCUT2D eigenvalue weighted by Gasteiger charge is 2.43. The molecule has 1 N–H and O–H groups in total. The Labute approximate surface area is 108 Å². The van der Waals surface area contributed by atoms with Crippen LogP contribution in [0.5, 0.6) is 0 Å². The third-order valence-electron chi connectivity index (χ3n) is 3.54. The molecule has 18 heavy (non-hydrogen) atoms. The maximum absolute atomic E-state index is 12.1. The molecule has 0 aromatic carbocycles. The minimum atomic E-state index is -1.03. The number of piperidine rings is 1. The summed E-state index contributed by atoms with van der Waals surface area (Å²) in [6.07, 6.45) is 3.31. The minimum Gasteiger partial charge on any atom is -0.480 e. The van der Waals surface area contributed by atoms with Gasteiger partial charge >= 0.3 is 5.97 Å². The quantitative estimate of drug-likeness (QED) is 0.735. The van der Waals surface area contributed by atoms with E-state index in [2.05, 4.69) is 0 Å². The Hall–Kier alpha value is -1.10. The summed E-state index contributed by atoms with van der Waals surface area (Å²) in [4.78, 5) is 25.0. The number of aliphatic carboxylic acids is 1. The van der Waals surface area contributed by atoms with E-state index in [9.17, 15) is 14.7 Å². The molecule has 0 aromatic heterocycles. The molecule has 1 amide bonds. The number of carbonyl (C=O) groups excluding carboxylic acids is 1. The second kappa shape index (κ2) is 6.73. The molecule has 1 rings (SSSR count). The van der Waals surface area contributed by atoms with Gasteiger partial charge in [-0.2, -0.15) is 0 Å². The lowest BCUT2D eigenvalue weighted by Gasteiger charge is -2.41. The van der Waals surface area contributed by atoms with Gasteiger partial charge in [0.25, 0.3) is 0 Å². The molecule has 104 valence electrons. The van der Waals surface area contributed by atoms with Crippen molar-refractivity contribution in [1.29, 1.82) is 0 Å². The molecule has 0 bridgehead atoms. The molecule has 1 saturated heterocycles. The minimum absolute atomic E-state index is 0.0701. The van der Waals surface area contributed by atoms with E-state index in [0.29, 0.717) is 39.0 Å². The number of likely N-dealkylation sites (tertiary alicyclic amines) is 1. The topological polar surface area (TPSA) is 66.8 Å². The second-order valence-electron chi connectivity index (χ2n) is 4.88. The van der Waals surface area contributed by atoms with Gasteiger partial charge in [0.1, 0.15) is 5.54 Å².